The van der Waals surface area contributed by atoms with E-state index in [4.69, 9.17) is 17.3 Å². The SMILES string of the molecule is Cc1ccc(NC(=O)C2CCCCC2CN)c(Cl)c1. The predicted molar refractivity (Wildman–Crippen MR) is 79.3 cm³/mol. The molecule has 0 aliphatic heterocycles. The normalized spacial score (nSPS) is 23.1. The number of anilines is 1. The molecule has 1 aliphatic carbocycles. The molecule has 1 amide bonds. The lowest BCUT2D eigenvalue weighted by atomic mass is 9.78. The van der Waals surface area contributed by atoms with Crippen molar-refractivity contribution in [2.24, 2.45) is 17.6 Å². The van der Waals surface area contributed by atoms with E-state index >= 15 is 0 Å². The molecule has 1 fully saturated rings. The van der Waals surface area contributed by atoms with Crippen molar-refractivity contribution in [3.8, 4) is 0 Å². The second-order valence-corrected chi connectivity index (χ2v) is 5.77. The van der Waals surface area contributed by atoms with E-state index in [2.05, 4.69) is 5.32 Å². The third-order valence-electron chi connectivity index (χ3n) is 3.93. The number of halogens is 1. The molecule has 0 spiro atoms. The molecular weight excluding hydrogens is 260 g/mol. The minimum absolute atomic E-state index is 0.0242. The van der Waals surface area contributed by atoms with Gasteiger partial charge in [-0.15, -0.1) is 0 Å². The smallest absolute Gasteiger partial charge is 0.227 e. The van der Waals surface area contributed by atoms with Crippen molar-refractivity contribution < 1.29 is 4.79 Å². The van der Waals surface area contributed by atoms with Crippen molar-refractivity contribution in [1.82, 2.24) is 0 Å². The average molecular weight is 281 g/mol. The van der Waals surface area contributed by atoms with Crippen LogP contribution >= 0.6 is 11.6 Å². The number of nitrogens with one attached hydrogen (secondary N) is 1. The van der Waals surface area contributed by atoms with E-state index in [9.17, 15) is 4.79 Å². The third-order valence-corrected chi connectivity index (χ3v) is 4.24. The lowest BCUT2D eigenvalue weighted by Crippen LogP contribution is -2.35. The Hall–Kier alpha value is -1.06. The lowest BCUT2D eigenvalue weighted by Gasteiger charge is -2.29. The number of hydrogen-bond acceptors (Lipinski definition) is 2. The molecule has 104 valence electrons. The zero-order valence-corrected chi connectivity index (χ0v) is 12.0. The summed E-state index contributed by atoms with van der Waals surface area (Å²) in [4.78, 5) is 12.3. The summed E-state index contributed by atoms with van der Waals surface area (Å²) < 4.78 is 0. The number of carbonyl (C=O) groups is 1. The van der Waals surface area contributed by atoms with Gasteiger partial charge in [0.1, 0.15) is 0 Å². The molecule has 2 unspecified atom stereocenters. The van der Waals surface area contributed by atoms with Crippen molar-refractivity contribution >= 4 is 23.2 Å². The fourth-order valence-corrected chi connectivity index (χ4v) is 3.06. The van der Waals surface area contributed by atoms with Crippen LogP contribution in [-0.4, -0.2) is 12.5 Å². The number of rotatable bonds is 3. The quantitative estimate of drug-likeness (QED) is 0.892. The van der Waals surface area contributed by atoms with Gasteiger partial charge in [0.2, 0.25) is 5.91 Å². The van der Waals surface area contributed by atoms with Crippen LogP contribution in [0.5, 0.6) is 0 Å². The average Bonchev–Trinajstić information content (AvgIpc) is 2.41. The number of amides is 1. The summed E-state index contributed by atoms with van der Waals surface area (Å²) in [5, 5.41) is 3.54. The highest BCUT2D eigenvalue weighted by Gasteiger charge is 2.30. The highest BCUT2D eigenvalue weighted by molar-refractivity contribution is 6.33. The molecule has 2 atom stereocenters. The summed E-state index contributed by atoms with van der Waals surface area (Å²) in [6.07, 6.45) is 4.26. The van der Waals surface area contributed by atoms with Gasteiger partial charge >= 0.3 is 0 Å². The number of nitrogens with two attached hydrogens (primary N) is 1. The highest BCUT2D eigenvalue weighted by Crippen LogP contribution is 2.31. The molecule has 0 aromatic heterocycles. The minimum Gasteiger partial charge on any atom is -0.330 e. The van der Waals surface area contributed by atoms with Crippen LogP contribution in [0.1, 0.15) is 31.2 Å². The topological polar surface area (TPSA) is 55.1 Å². The summed E-state index contributed by atoms with van der Waals surface area (Å²) in [6.45, 7) is 2.56. The number of carbonyl (C=O) groups excluding carboxylic acids is 1. The first kappa shape index (κ1) is 14.4. The first-order valence-corrected chi connectivity index (χ1v) is 7.26. The second-order valence-electron chi connectivity index (χ2n) is 5.36. The van der Waals surface area contributed by atoms with Gasteiger partial charge in [0, 0.05) is 5.92 Å². The van der Waals surface area contributed by atoms with Crippen molar-refractivity contribution in [2.45, 2.75) is 32.6 Å². The summed E-state index contributed by atoms with van der Waals surface area (Å²) >= 11 is 6.14. The van der Waals surface area contributed by atoms with E-state index in [0.717, 1.165) is 24.8 Å². The molecule has 1 aromatic rings. The molecule has 0 saturated heterocycles. The predicted octanol–water partition coefficient (Wildman–Crippen LogP) is 3.35. The van der Waals surface area contributed by atoms with Crippen LogP contribution < -0.4 is 11.1 Å². The Kier molecular flexibility index (Phi) is 4.83. The standard InChI is InChI=1S/C15H21ClN2O/c1-10-6-7-14(13(16)8-10)18-15(19)12-5-3-2-4-11(12)9-17/h6-8,11-12H,2-5,9,17H2,1H3,(H,18,19). The molecule has 3 N–H and O–H groups in total. The molecule has 0 heterocycles. The van der Waals surface area contributed by atoms with Gasteiger partial charge in [-0.05, 0) is 49.9 Å². The van der Waals surface area contributed by atoms with Crippen LogP contribution in [0.3, 0.4) is 0 Å². The van der Waals surface area contributed by atoms with E-state index in [0.29, 0.717) is 23.2 Å². The molecular formula is C15H21ClN2O. The summed E-state index contributed by atoms with van der Waals surface area (Å²) in [5.74, 6) is 0.384. The van der Waals surface area contributed by atoms with E-state index in [1.54, 1.807) is 0 Å². The Labute approximate surface area is 119 Å². The Bertz CT molecular complexity index is 461. The van der Waals surface area contributed by atoms with Gasteiger partial charge in [-0.1, -0.05) is 30.5 Å². The van der Waals surface area contributed by atoms with E-state index < -0.39 is 0 Å². The van der Waals surface area contributed by atoms with Gasteiger partial charge in [0.15, 0.2) is 0 Å². The van der Waals surface area contributed by atoms with Crippen molar-refractivity contribution in [1.29, 1.82) is 0 Å². The van der Waals surface area contributed by atoms with Crippen LogP contribution in [0, 0.1) is 18.8 Å². The van der Waals surface area contributed by atoms with Crippen LogP contribution in [-0.2, 0) is 4.79 Å². The van der Waals surface area contributed by atoms with Crippen LogP contribution in [0.4, 0.5) is 5.69 Å². The Balaban J connectivity index is 2.07. The van der Waals surface area contributed by atoms with Crippen molar-refractivity contribution in [2.75, 3.05) is 11.9 Å². The first-order chi connectivity index (χ1) is 9.11. The van der Waals surface area contributed by atoms with Crippen LogP contribution in [0.25, 0.3) is 0 Å². The number of aryl methyl sites for hydroxylation is 1. The van der Waals surface area contributed by atoms with Crippen LogP contribution in [0.15, 0.2) is 18.2 Å². The van der Waals surface area contributed by atoms with Gasteiger partial charge in [-0.2, -0.15) is 0 Å². The number of benzene rings is 1. The van der Waals surface area contributed by atoms with Gasteiger partial charge < -0.3 is 11.1 Å². The Morgan fingerprint density at radius 2 is 2.16 bits per heavy atom. The second kappa shape index (κ2) is 6.40. The zero-order valence-electron chi connectivity index (χ0n) is 11.3. The van der Waals surface area contributed by atoms with Crippen molar-refractivity contribution in [3.05, 3.63) is 28.8 Å². The van der Waals surface area contributed by atoms with Gasteiger partial charge in [-0.25, -0.2) is 0 Å². The monoisotopic (exact) mass is 280 g/mol. The molecule has 2 rings (SSSR count). The molecule has 1 saturated carbocycles. The maximum absolute atomic E-state index is 12.3. The fraction of sp³-hybridized carbons (Fsp3) is 0.533. The zero-order chi connectivity index (χ0) is 13.8. The highest BCUT2D eigenvalue weighted by atomic mass is 35.5. The van der Waals surface area contributed by atoms with Gasteiger partial charge in [0.25, 0.3) is 0 Å². The molecule has 1 aromatic carbocycles. The largest absolute Gasteiger partial charge is 0.330 e. The summed E-state index contributed by atoms with van der Waals surface area (Å²) in [7, 11) is 0. The fourth-order valence-electron chi connectivity index (χ4n) is 2.78. The molecule has 0 bridgehead atoms. The first-order valence-electron chi connectivity index (χ1n) is 6.89. The maximum atomic E-state index is 12.3. The molecule has 19 heavy (non-hydrogen) atoms. The number of hydrogen-bond donors (Lipinski definition) is 2. The van der Waals surface area contributed by atoms with Gasteiger partial charge in [-0.3, -0.25) is 4.79 Å². The Morgan fingerprint density at radius 1 is 1.42 bits per heavy atom. The van der Waals surface area contributed by atoms with E-state index in [1.807, 2.05) is 25.1 Å². The van der Waals surface area contributed by atoms with Gasteiger partial charge in [0.05, 0.1) is 10.7 Å². The maximum Gasteiger partial charge on any atom is 0.227 e. The van der Waals surface area contributed by atoms with Crippen molar-refractivity contribution in [3.63, 3.8) is 0 Å². The van der Waals surface area contributed by atoms with E-state index in [-0.39, 0.29) is 11.8 Å². The van der Waals surface area contributed by atoms with Crippen LogP contribution in [0.2, 0.25) is 5.02 Å². The lowest BCUT2D eigenvalue weighted by molar-refractivity contribution is -0.122. The Morgan fingerprint density at radius 3 is 2.84 bits per heavy atom. The summed E-state index contributed by atoms with van der Waals surface area (Å²) in [6, 6.07) is 5.66. The molecule has 0 radical (unpaired) electrons. The molecule has 4 heteroatoms. The summed E-state index contributed by atoms with van der Waals surface area (Å²) in [5.41, 5.74) is 7.55. The minimum atomic E-state index is 0.0242. The molecule has 3 nitrogen and oxygen atoms in total. The van der Waals surface area contributed by atoms with E-state index in [1.165, 1.54) is 6.42 Å². The molecule has 1 aliphatic rings. The third kappa shape index (κ3) is 3.48.